The fourth-order valence-corrected chi connectivity index (χ4v) is 4.32. The highest BCUT2D eigenvalue weighted by Gasteiger charge is 2.30. The summed E-state index contributed by atoms with van der Waals surface area (Å²) in [6, 6.07) is 5.37. The highest BCUT2D eigenvalue weighted by Crippen LogP contribution is 2.43. The van der Waals surface area contributed by atoms with Crippen molar-refractivity contribution in [2.45, 2.75) is 45.3 Å². The maximum atomic E-state index is 12.4. The van der Waals surface area contributed by atoms with Crippen LogP contribution in [0.25, 0.3) is 11.3 Å². The maximum Gasteiger partial charge on any atom is 0.341 e. The number of methoxy groups -OCH3 is 1. The van der Waals surface area contributed by atoms with Crippen LogP contribution in [0.15, 0.2) is 29.2 Å². The van der Waals surface area contributed by atoms with Gasteiger partial charge in [-0.15, -0.1) is 0 Å². The van der Waals surface area contributed by atoms with Gasteiger partial charge in [-0.2, -0.15) is 0 Å². The van der Waals surface area contributed by atoms with E-state index in [0.717, 1.165) is 30.4 Å². The largest absolute Gasteiger partial charge is 0.493 e. The third-order valence-corrected chi connectivity index (χ3v) is 5.99. The molecule has 1 atom stereocenters. The number of benzene rings is 1. The summed E-state index contributed by atoms with van der Waals surface area (Å²) >= 11 is 0. The number of fused-ring (bicyclic) bond motifs is 3. The average molecular weight is 413 g/mol. The molecule has 0 aliphatic carbocycles. The Balaban J connectivity index is 1.82. The molecule has 3 heterocycles. The maximum absolute atomic E-state index is 12.4. The molecule has 1 aromatic carbocycles. The van der Waals surface area contributed by atoms with Crippen LogP contribution in [-0.4, -0.2) is 42.1 Å². The molecule has 1 aromatic heterocycles. The molecule has 7 nitrogen and oxygen atoms in total. The van der Waals surface area contributed by atoms with E-state index in [1.807, 2.05) is 16.7 Å². The molecular formula is C23H27NO6. The molecule has 0 spiro atoms. The van der Waals surface area contributed by atoms with Crippen LogP contribution >= 0.6 is 0 Å². The van der Waals surface area contributed by atoms with Gasteiger partial charge < -0.3 is 23.9 Å². The number of pyridine rings is 1. The Bertz CT molecular complexity index is 1020. The third-order valence-electron chi connectivity index (χ3n) is 5.99. The van der Waals surface area contributed by atoms with Gasteiger partial charge in [0.15, 0.2) is 16.9 Å². The zero-order chi connectivity index (χ0) is 21.4. The molecule has 2 aliphatic rings. The smallest absolute Gasteiger partial charge is 0.341 e. The van der Waals surface area contributed by atoms with Gasteiger partial charge in [0.05, 0.1) is 26.0 Å². The number of ether oxygens (including phenoxy) is 3. The van der Waals surface area contributed by atoms with Gasteiger partial charge in [0, 0.05) is 36.7 Å². The highest BCUT2D eigenvalue weighted by molar-refractivity contribution is 5.88. The summed E-state index contributed by atoms with van der Waals surface area (Å²) in [6.45, 7) is 5.58. The fraction of sp³-hybridized carbons (Fsp3) is 0.478. The van der Waals surface area contributed by atoms with Crippen LogP contribution in [0.4, 0.5) is 0 Å². The molecule has 2 aromatic rings. The van der Waals surface area contributed by atoms with E-state index in [2.05, 4.69) is 13.8 Å². The Morgan fingerprint density at radius 3 is 2.57 bits per heavy atom. The first kappa shape index (κ1) is 20.5. The van der Waals surface area contributed by atoms with Crippen molar-refractivity contribution in [1.82, 2.24) is 4.57 Å². The predicted molar refractivity (Wildman–Crippen MR) is 112 cm³/mol. The van der Waals surface area contributed by atoms with Crippen LogP contribution in [0, 0.1) is 5.92 Å². The van der Waals surface area contributed by atoms with Gasteiger partial charge in [0.2, 0.25) is 0 Å². The lowest BCUT2D eigenvalue weighted by Gasteiger charge is -2.34. The van der Waals surface area contributed by atoms with Crippen LogP contribution in [0.1, 0.15) is 48.7 Å². The van der Waals surface area contributed by atoms with E-state index in [0.29, 0.717) is 30.4 Å². The summed E-state index contributed by atoms with van der Waals surface area (Å²) in [6.07, 6.45) is 3.96. The minimum absolute atomic E-state index is 0.0375. The number of nitrogens with zero attached hydrogens (tertiary/aromatic N) is 1. The number of hydrogen-bond acceptors (Lipinski definition) is 5. The van der Waals surface area contributed by atoms with Crippen molar-refractivity contribution < 1.29 is 24.1 Å². The summed E-state index contributed by atoms with van der Waals surface area (Å²) in [5.74, 6) is 0.345. The lowest BCUT2D eigenvalue weighted by molar-refractivity contribution is 0.0245. The fourth-order valence-electron chi connectivity index (χ4n) is 4.32. The summed E-state index contributed by atoms with van der Waals surface area (Å²) in [7, 11) is 1.60. The van der Waals surface area contributed by atoms with Crippen LogP contribution in [0.2, 0.25) is 0 Å². The van der Waals surface area contributed by atoms with E-state index in [1.165, 1.54) is 12.3 Å². The first-order chi connectivity index (χ1) is 14.4. The number of carboxylic acid groups (broad SMARTS) is 1. The summed E-state index contributed by atoms with van der Waals surface area (Å²) in [5.41, 5.74) is 1.95. The highest BCUT2D eigenvalue weighted by atomic mass is 16.5. The number of aromatic nitrogens is 1. The van der Waals surface area contributed by atoms with E-state index in [-0.39, 0.29) is 23.6 Å². The molecule has 0 saturated carbocycles. The van der Waals surface area contributed by atoms with Crippen LogP contribution in [0.5, 0.6) is 11.5 Å². The van der Waals surface area contributed by atoms with E-state index in [4.69, 9.17) is 14.2 Å². The topological polar surface area (TPSA) is 87.0 Å². The molecule has 0 amide bonds. The summed E-state index contributed by atoms with van der Waals surface area (Å²) < 4.78 is 19.2. The first-order valence-corrected chi connectivity index (χ1v) is 10.3. The molecule has 7 heteroatoms. The number of carbonyl (C=O) groups is 1. The summed E-state index contributed by atoms with van der Waals surface area (Å²) in [5, 5.41) is 9.40. The quantitative estimate of drug-likeness (QED) is 0.807. The molecule has 1 unspecified atom stereocenters. The Morgan fingerprint density at radius 1 is 1.20 bits per heavy atom. The van der Waals surface area contributed by atoms with Crippen molar-refractivity contribution in [3.05, 3.63) is 45.7 Å². The molecule has 1 N–H and O–H groups in total. The van der Waals surface area contributed by atoms with E-state index >= 15 is 0 Å². The van der Waals surface area contributed by atoms with Crippen molar-refractivity contribution in [3.8, 4) is 22.8 Å². The van der Waals surface area contributed by atoms with Gasteiger partial charge in [-0.05, 0) is 30.0 Å². The number of hydrogen-bond donors (Lipinski definition) is 1. The van der Waals surface area contributed by atoms with Crippen LogP contribution in [0.3, 0.4) is 0 Å². The van der Waals surface area contributed by atoms with Gasteiger partial charge in [-0.25, -0.2) is 4.79 Å². The monoisotopic (exact) mass is 413 g/mol. The zero-order valence-electron chi connectivity index (χ0n) is 17.5. The van der Waals surface area contributed by atoms with E-state index in [1.54, 1.807) is 7.11 Å². The molecule has 0 radical (unpaired) electrons. The lowest BCUT2D eigenvalue weighted by atomic mass is 9.87. The van der Waals surface area contributed by atoms with Gasteiger partial charge >= 0.3 is 5.97 Å². The van der Waals surface area contributed by atoms with Crippen molar-refractivity contribution in [3.63, 3.8) is 0 Å². The molecule has 4 rings (SSSR count). The molecule has 2 aliphatic heterocycles. The zero-order valence-corrected chi connectivity index (χ0v) is 17.5. The Hall–Kier alpha value is -2.80. The van der Waals surface area contributed by atoms with Gasteiger partial charge in [-0.3, -0.25) is 4.79 Å². The lowest BCUT2D eigenvalue weighted by Crippen LogP contribution is -2.28. The minimum atomic E-state index is -1.21. The normalized spacial score (nSPS) is 18.6. The summed E-state index contributed by atoms with van der Waals surface area (Å²) in [4.78, 5) is 23.9. The average Bonchev–Trinajstić information content (AvgIpc) is 2.72. The second-order valence-corrected chi connectivity index (χ2v) is 8.25. The van der Waals surface area contributed by atoms with Crippen LogP contribution in [-0.2, 0) is 11.2 Å². The molecule has 30 heavy (non-hydrogen) atoms. The molecule has 1 fully saturated rings. The SMILES string of the molecule is COc1cc2c(cc1OC1CCOCC1)CC(C(C)C)n1cc(C(=O)O)c(=O)cc1-2. The number of rotatable bonds is 5. The molecule has 0 bridgehead atoms. The second-order valence-electron chi connectivity index (χ2n) is 8.25. The van der Waals surface area contributed by atoms with Crippen molar-refractivity contribution in [2.75, 3.05) is 20.3 Å². The molecular weight excluding hydrogens is 386 g/mol. The van der Waals surface area contributed by atoms with E-state index in [9.17, 15) is 14.7 Å². The number of aromatic carboxylic acids is 1. The van der Waals surface area contributed by atoms with E-state index < -0.39 is 11.4 Å². The van der Waals surface area contributed by atoms with Crippen LogP contribution < -0.4 is 14.9 Å². The Morgan fingerprint density at radius 2 is 1.93 bits per heavy atom. The molecule has 1 saturated heterocycles. The first-order valence-electron chi connectivity index (χ1n) is 10.3. The predicted octanol–water partition coefficient (Wildman–Crippen LogP) is 3.53. The van der Waals surface area contributed by atoms with Crippen molar-refractivity contribution in [2.24, 2.45) is 5.92 Å². The van der Waals surface area contributed by atoms with Crippen molar-refractivity contribution >= 4 is 5.97 Å². The van der Waals surface area contributed by atoms with Crippen molar-refractivity contribution in [1.29, 1.82) is 0 Å². The second kappa shape index (κ2) is 8.14. The van der Waals surface area contributed by atoms with Gasteiger partial charge in [-0.1, -0.05) is 13.8 Å². The Labute approximate surface area is 175 Å². The van der Waals surface area contributed by atoms with Gasteiger partial charge in [0.1, 0.15) is 11.7 Å². The van der Waals surface area contributed by atoms with Gasteiger partial charge in [0.25, 0.3) is 0 Å². The minimum Gasteiger partial charge on any atom is -0.493 e. The third kappa shape index (κ3) is 3.69. The Kier molecular flexibility index (Phi) is 5.56. The molecule has 160 valence electrons. The standard InChI is InChI=1S/C23H27NO6/c1-13(2)18-8-14-9-22(30-15-4-6-29-7-5-15)21(28-3)10-16(14)19-11-20(25)17(23(26)27)12-24(18)19/h9-13,15,18H,4-8H2,1-3H3,(H,26,27). The number of carboxylic acids is 1.